The molecule has 1 aliphatic heterocycles. The van der Waals surface area contributed by atoms with Crippen LogP contribution in [0.2, 0.25) is 78.6 Å². The number of hydrogen-bond donors (Lipinski definition) is 0. The summed E-state index contributed by atoms with van der Waals surface area (Å²) >= 11 is 0. The van der Waals surface area contributed by atoms with Gasteiger partial charge in [0, 0.05) is 41.7 Å². The van der Waals surface area contributed by atoms with Gasteiger partial charge in [0.05, 0.1) is 0 Å². The summed E-state index contributed by atoms with van der Waals surface area (Å²) in [6, 6.07) is 0. The monoisotopic (exact) mass is 700 g/mol. The van der Waals surface area contributed by atoms with Gasteiger partial charge in [-0.1, -0.05) is 0 Å². The Labute approximate surface area is 258 Å². The first kappa shape index (κ1) is 46.2. The van der Waals surface area contributed by atoms with Crippen molar-refractivity contribution in [1.29, 1.82) is 0 Å². The Morgan fingerprint density at radius 3 is 1.05 bits per heavy atom. The minimum Gasteiger partial charge on any atom is -0.416 e. The van der Waals surface area contributed by atoms with Gasteiger partial charge in [-0.2, -0.15) is 0 Å². The number of hydrogen-bond acceptors (Lipinski definition) is 12. The average molecular weight is 701 g/mol. The van der Waals surface area contributed by atoms with Gasteiger partial charge in [-0.3, -0.25) is 0 Å². The zero-order chi connectivity index (χ0) is 33.0. The molecule has 0 amide bonds. The van der Waals surface area contributed by atoms with Crippen molar-refractivity contribution in [3.8, 4) is 0 Å². The Bertz CT molecular complexity index is 614. The molecule has 0 unspecified atom stereocenters. The molecule has 1 aliphatic rings. The second kappa shape index (κ2) is 22.3. The van der Waals surface area contributed by atoms with Crippen LogP contribution in [-0.2, 0) is 53.1 Å². The van der Waals surface area contributed by atoms with E-state index in [4.69, 9.17) is 48.4 Å². The quantitative estimate of drug-likeness (QED) is 0.110. The molecule has 0 radical (unpaired) electrons. The van der Waals surface area contributed by atoms with Crippen molar-refractivity contribution in [3.63, 3.8) is 0 Å². The van der Waals surface area contributed by atoms with E-state index in [0.29, 0.717) is 13.4 Å². The maximum absolute atomic E-state index is 5.92. The highest BCUT2D eigenvalue weighted by Gasteiger charge is 2.49. The molecule has 0 aromatic heterocycles. The van der Waals surface area contributed by atoms with Gasteiger partial charge in [-0.25, -0.2) is 0 Å². The summed E-state index contributed by atoms with van der Waals surface area (Å²) in [7, 11) is -4.70. The fourth-order valence-electron chi connectivity index (χ4n) is 3.42. The summed E-state index contributed by atoms with van der Waals surface area (Å²) in [5.41, 5.74) is 0. The zero-order valence-corrected chi connectivity index (χ0v) is 35.4. The molecule has 0 aromatic carbocycles. The van der Waals surface area contributed by atoms with E-state index in [9.17, 15) is 0 Å². The average Bonchev–Trinajstić information content (AvgIpc) is 2.78. The molecule has 0 aromatic rings. The van der Waals surface area contributed by atoms with Crippen LogP contribution >= 0.6 is 0 Å². The third-order valence-corrected chi connectivity index (χ3v) is 23.7. The molecule has 1 fully saturated rings. The molecule has 1 rings (SSSR count). The van der Waals surface area contributed by atoms with Gasteiger partial charge in [0.25, 0.3) is 0 Å². The Kier molecular flexibility index (Phi) is 25.2. The van der Waals surface area contributed by atoms with Crippen LogP contribution in [-0.4, -0.2) is 113 Å². The maximum Gasteiger partial charge on any atom is 0.324 e. The SMILES string of the molecule is CCOCOC.CCO[Si](C)(C)O[Si](C)(C)OCOC.COCO[Si](C)(C)O[Si](C)(C)OC.C[Si]1(C)O[Si](C)(C)O1. The van der Waals surface area contributed by atoms with Crippen molar-refractivity contribution in [3.05, 3.63) is 0 Å². The molecule has 12 nitrogen and oxygen atoms in total. The van der Waals surface area contributed by atoms with Crippen LogP contribution in [0, 0.1) is 0 Å². The van der Waals surface area contributed by atoms with E-state index in [-0.39, 0.29) is 13.6 Å². The molecule has 18 heteroatoms. The lowest BCUT2D eigenvalue weighted by Gasteiger charge is -2.46. The topological polar surface area (TPSA) is 111 Å². The van der Waals surface area contributed by atoms with E-state index < -0.39 is 51.4 Å². The first-order valence-corrected chi connectivity index (χ1v) is 30.7. The summed E-state index contributed by atoms with van der Waals surface area (Å²) in [5.74, 6) is 0. The highest BCUT2D eigenvalue weighted by atomic mass is 28.5. The van der Waals surface area contributed by atoms with Crippen molar-refractivity contribution in [2.75, 3.05) is 62.0 Å². The normalized spacial score (nSPS) is 16.2. The molecule has 1 saturated heterocycles. The van der Waals surface area contributed by atoms with Gasteiger partial charge < -0.3 is 53.1 Å². The number of rotatable bonds is 16. The lowest BCUT2D eigenvalue weighted by atomic mass is 10.9. The van der Waals surface area contributed by atoms with Gasteiger partial charge in [-0.15, -0.1) is 0 Å². The molecular formula is C23H64O12Si6. The highest BCUT2D eigenvalue weighted by Crippen LogP contribution is 2.29. The van der Waals surface area contributed by atoms with Crippen molar-refractivity contribution >= 4 is 51.4 Å². The van der Waals surface area contributed by atoms with E-state index in [0.717, 1.165) is 6.61 Å². The van der Waals surface area contributed by atoms with Gasteiger partial charge >= 0.3 is 51.4 Å². The van der Waals surface area contributed by atoms with Crippen LogP contribution < -0.4 is 0 Å². The Morgan fingerprint density at radius 1 is 0.488 bits per heavy atom. The largest absolute Gasteiger partial charge is 0.416 e. The van der Waals surface area contributed by atoms with E-state index in [1.54, 1.807) is 28.4 Å². The second-order valence-corrected chi connectivity index (χ2v) is 32.8. The molecular weight excluding hydrogens is 637 g/mol. The van der Waals surface area contributed by atoms with E-state index in [1.807, 2.05) is 66.2 Å². The standard InChI is InChI=1S/C8H22O4Si2.C7H20O4Si2.C4H12O2Si2.C4H10O2/c1-7-10-13(3,4)12-14(5,6)11-8-9-2;1-8-7-10-13(5,6)11-12(3,4)9-2;1-7(2)5-8(3,4)6-7;1-3-6-4-5-2/h7-8H2,1-6H3;7H2,1-6H3;1-4H3;3-4H2,1-2H3. The lowest BCUT2D eigenvalue weighted by Crippen LogP contribution is -2.64. The molecule has 1 heterocycles. The summed E-state index contributed by atoms with van der Waals surface area (Å²) in [6.07, 6.45) is 0. The van der Waals surface area contributed by atoms with Gasteiger partial charge in [0.1, 0.15) is 20.4 Å². The van der Waals surface area contributed by atoms with Crippen LogP contribution in [0.15, 0.2) is 0 Å². The fourth-order valence-corrected chi connectivity index (χ4v) is 25.0. The van der Waals surface area contributed by atoms with Crippen LogP contribution in [0.1, 0.15) is 13.8 Å². The minimum absolute atomic E-state index is 0.285. The first-order valence-electron chi connectivity index (χ1n) is 13.8. The van der Waals surface area contributed by atoms with E-state index >= 15 is 0 Å². The molecule has 0 bridgehead atoms. The van der Waals surface area contributed by atoms with Crippen molar-refractivity contribution < 1.29 is 53.1 Å². The van der Waals surface area contributed by atoms with Gasteiger partial charge in [-0.05, 0) is 92.4 Å². The van der Waals surface area contributed by atoms with Crippen molar-refractivity contribution in [2.24, 2.45) is 0 Å². The molecule has 0 aliphatic carbocycles. The van der Waals surface area contributed by atoms with Crippen molar-refractivity contribution in [1.82, 2.24) is 0 Å². The van der Waals surface area contributed by atoms with Crippen LogP contribution in [0.3, 0.4) is 0 Å². The fraction of sp³-hybridized carbons (Fsp3) is 1.00. The third kappa shape index (κ3) is 30.6. The Balaban J connectivity index is -0.000000492. The molecule has 252 valence electrons. The minimum atomic E-state index is -2.09. The van der Waals surface area contributed by atoms with E-state index in [2.05, 4.69) is 30.9 Å². The summed E-state index contributed by atoms with van der Waals surface area (Å²) in [5, 5.41) is 0. The second-order valence-electron chi connectivity index (χ2n) is 11.4. The predicted molar refractivity (Wildman–Crippen MR) is 177 cm³/mol. The number of methoxy groups -OCH3 is 3. The maximum atomic E-state index is 5.92. The van der Waals surface area contributed by atoms with Crippen LogP contribution in [0.25, 0.3) is 0 Å². The molecule has 0 saturated carbocycles. The smallest absolute Gasteiger partial charge is 0.324 e. The molecule has 0 spiro atoms. The summed E-state index contributed by atoms with van der Waals surface area (Å²) in [4.78, 5) is 0. The van der Waals surface area contributed by atoms with Crippen LogP contribution in [0.5, 0.6) is 0 Å². The van der Waals surface area contributed by atoms with E-state index in [1.165, 1.54) is 0 Å². The Morgan fingerprint density at radius 2 is 0.829 bits per heavy atom. The number of ether oxygens (including phenoxy) is 4. The molecule has 0 N–H and O–H groups in total. The van der Waals surface area contributed by atoms with Gasteiger partial charge in [0.2, 0.25) is 0 Å². The predicted octanol–water partition coefficient (Wildman–Crippen LogP) is 5.80. The highest BCUT2D eigenvalue weighted by molar-refractivity contribution is 6.92. The van der Waals surface area contributed by atoms with Gasteiger partial charge in [0.15, 0.2) is 0 Å². The lowest BCUT2D eigenvalue weighted by molar-refractivity contribution is -0.0250. The summed E-state index contributed by atoms with van der Waals surface area (Å²) < 4.78 is 63.7. The first-order chi connectivity index (χ1) is 18.5. The molecule has 0 atom stereocenters. The zero-order valence-electron chi connectivity index (χ0n) is 29.4. The van der Waals surface area contributed by atoms with Crippen molar-refractivity contribution in [2.45, 2.75) is 92.4 Å². The Hall–Kier alpha value is 0.821. The third-order valence-electron chi connectivity index (χ3n) is 4.40. The van der Waals surface area contributed by atoms with Crippen LogP contribution in [0.4, 0.5) is 0 Å². The molecule has 41 heavy (non-hydrogen) atoms. The summed E-state index contributed by atoms with van der Waals surface area (Å²) in [6.45, 7) is 30.6.